The fourth-order valence-corrected chi connectivity index (χ4v) is 9.74. The molecule has 0 aromatic heterocycles. The summed E-state index contributed by atoms with van der Waals surface area (Å²) < 4.78 is 0. The van der Waals surface area contributed by atoms with Crippen LogP contribution in [0.15, 0.2) is 146 Å². The Hall–Kier alpha value is -6.64. The highest BCUT2D eigenvalue weighted by molar-refractivity contribution is 6.28. The van der Waals surface area contributed by atoms with Crippen LogP contribution in [0.4, 0.5) is 34.1 Å². The molecule has 0 heterocycles. The summed E-state index contributed by atoms with van der Waals surface area (Å²) in [7, 11) is 0. The summed E-state index contributed by atoms with van der Waals surface area (Å²) in [6, 6.07) is 55.4. The summed E-state index contributed by atoms with van der Waals surface area (Å²) in [5.74, 6) is 0. The second-order valence-corrected chi connectivity index (χ2v) is 16.9. The van der Waals surface area contributed by atoms with Crippen LogP contribution in [0, 0.1) is 55.4 Å². The van der Waals surface area contributed by atoms with E-state index in [0.29, 0.717) is 0 Å². The number of fused-ring (bicyclic) bond motifs is 2. The zero-order chi connectivity index (χ0) is 40.0. The number of anilines is 6. The molecule has 0 bridgehead atoms. The van der Waals surface area contributed by atoms with Crippen molar-refractivity contribution in [3.63, 3.8) is 0 Å². The van der Waals surface area contributed by atoms with Crippen molar-refractivity contribution in [2.75, 3.05) is 9.80 Å². The number of benzene rings is 10. The van der Waals surface area contributed by atoms with E-state index < -0.39 is 0 Å². The zero-order valence-corrected chi connectivity index (χ0v) is 34.8. The monoisotopic (exact) mass is 748 g/mol. The van der Waals surface area contributed by atoms with Crippen molar-refractivity contribution in [1.29, 1.82) is 0 Å². The van der Waals surface area contributed by atoms with Gasteiger partial charge in [0, 0.05) is 32.9 Å². The van der Waals surface area contributed by atoms with Crippen LogP contribution in [-0.2, 0) is 0 Å². The number of nitrogens with zero attached hydrogens (tertiary/aromatic N) is 2. The lowest BCUT2D eigenvalue weighted by molar-refractivity contribution is 1.25. The molecule has 2 heteroatoms. The molecular formula is C56H48N2. The predicted molar refractivity (Wildman–Crippen MR) is 252 cm³/mol. The molecule has 0 aliphatic carbocycles. The first-order chi connectivity index (χ1) is 28.0. The Labute approximate surface area is 341 Å². The normalized spacial score (nSPS) is 11.8. The minimum Gasteiger partial charge on any atom is -0.309 e. The smallest absolute Gasteiger partial charge is 0.0569 e. The van der Waals surface area contributed by atoms with Gasteiger partial charge in [0.05, 0.1) is 22.7 Å². The minimum atomic E-state index is 1.17. The zero-order valence-electron chi connectivity index (χ0n) is 34.8. The van der Waals surface area contributed by atoms with E-state index in [2.05, 4.69) is 211 Å². The van der Waals surface area contributed by atoms with Gasteiger partial charge in [0.1, 0.15) is 0 Å². The van der Waals surface area contributed by atoms with Crippen LogP contribution in [-0.4, -0.2) is 0 Å². The van der Waals surface area contributed by atoms with E-state index in [-0.39, 0.29) is 0 Å². The molecule has 10 rings (SSSR count). The van der Waals surface area contributed by atoms with E-state index in [9.17, 15) is 0 Å². The van der Waals surface area contributed by atoms with E-state index in [4.69, 9.17) is 0 Å². The van der Waals surface area contributed by atoms with Crippen LogP contribution >= 0.6 is 0 Å². The first-order valence-electron chi connectivity index (χ1n) is 20.5. The molecular weight excluding hydrogens is 701 g/mol. The molecule has 282 valence electrons. The van der Waals surface area contributed by atoms with Crippen LogP contribution in [0.25, 0.3) is 53.9 Å². The van der Waals surface area contributed by atoms with Gasteiger partial charge in [-0.1, -0.05) is 108 Å². The maximum absolute atomic E-state index is 2.54. The molecule has 0 atom stereocenters. The van der Waals surface area contributed by atoms with Gasteiger partial charge < -0.3 is 9.80 Å². The lowest BCUT2D eigenvalue weighted by Crippen LogP contribution is -2.14. The lowest BCUT2D eigenvalue weighted by Gasteiger charge is -2.32. The van der Waals surface area contributed by atoms with Gasteiger partial charge in [-0.25, -0.2) is 0 Å². The average Bonchev–Trinajstić information content (AvgIpc) is 3.19. The first kappa shape index (κ1) is 35.8. The Morgan fingerprint density at radius 2 is 0.621 bits per heavy atom. The van der Waals surface area contributed by atoms with E-state index in [1.807, 2.05) is 0 Å². The number of rotatable bonds is 6. The lowest BCUT2D eigenvalue weighted by atomic mass is 9.91. The summed E-state index contributed by atoms with van der Waals surface area (Å²) in [5, 5.41) is 12.6. The van der Waals surface area contributed by atoms with Crippen molar-refractivity contribution < 1.29 is 0 Å². The van der Waals surface area contributed by atoms with E-state index in [0.717, 1.165) is 0 Å². The van der Waals surface area contributed by atoms with Crippen molar-refractivity contribution >= 4 is 88.0 Å². The van der Waals surface area contributed by atoms with Gasteiger partial charge in [-0.3, -0.25) is 0 Å². The SMILES string of the molecule is Cc1cc(C)cc(N(c2c(C)ccc3ccc(C)cc23)c2ccc3ccc4c(N(c5cc(C)cc(C)c5)c5c(C)ccc6ccc(C)cc56)ccc5ccc2c3c54)c1. The van der Waals surface area contributed by atoms with Crippen molar-refractivity contribution in [3.8, 4) is 0 Å². The van der Waals surface area contributed by atoms with E-state index >= 15 is 0 Å². The quantitative estimate of drug-likeness (QED) is 0.156. The fourth-order valence-electron chi connectivity index (χ4n) is 9.74. The predicted octanol–water partition coefficient (Wildman–Crippen LogP) is 16.3. The van der Waals surface area contributed by atoms with Gasteiger partial charge in [0.25, 0.3) is 0 Å². The Kier molecular flexibility index (Phi) is 8.32. The molecule has 0 saturated carbocycles. The highest BCUT2D eigenvalue weighted by atomic mass is 15.2. The van der Waals surface area contributed by atoms with Gasteiger partial charge in [-0.2, -0.15) is 0 Å². The fraction of sp³-hybridized carbons (Fsp3) is 0.143. The van der Waals surface area contributed by atoms with E-state index in [1.54, 1.807) is 0 Å². The second kappa shape index (κ2) is 13.5. The summed E-state index contributed by atoms with van der Waals surface area (Å²) in [5.41, 5.74) is 17.2. The van der Waals surface area contributed by atoms with Crippen LogP contribution in [0.2, 0.25) is 0 Å². The summed E-state index contributed by atoms with van der Waals surface area (Å²) in [6.45, 7) is 17.7. The van der Waals surface area contributed by atoms with Gasteiger partial charge in [0.2, 0.25) is 0 Å². The summed E-state index contributed by atoms with van der Waals surface area (Å²) in [4.78, 5) is 5.07. The number of hydrogen-bond donors (Lipinski definition) is 0. The first-order valence-corrected chi connectivity index (χ1v) is 20.5. The van der Waals surface area contributed by atoms with Crippen LogP contribution in [0.3, 0.4) is 0 Å². The Morgan fingerprint density at radius 1 is 0.276 bits per heavy atom. The van der Waals surface area contributed by atoms with Crippen LogP contribution < -0.4 is 9.80 Å². The summed E-state index contributed by atoms with van der Waals surface area (Å²) >= 11 is 0. The Bertz CT molecular complexity index is 3010. The van der Waals surface area contributed by atoms with Crippen LogP contribution in [0.1, 0.15) is 44.5 Å². The molecule has 0 unspecified atom stereocenters. The van der Waals surface area contributed by atoms with Crippen molar-refractivity contribution in [2.24, 2.45) is 0 Å². The van der Waals surface area contributed by atoms with E-state index in [1.165, 1.54) is 132 Å². The second-order valence-electron chi connectivity index (χ2n) is 16.9. The van der Waals surface area contributed by atoms with Gasteiger partial charge in [-0.05, 0) is 170 Å². The molecule has 0 saturated heterocycles. The highest BCUT2D eigenvalue weighted by Gasteiger charge is 2.25. The molecule has 0 N–H and O–H groups in total. The van der Waals surface area contributed by atoms with Gasteiger partial charge in [0.15, 0.2) is 0 Å². The third-order valence-corrected chi connectivity index (χ3v) is 12.2. The molecule has 0 spiro atoms. The molecule has 10 aromatic carbocycles. The Morgan fingerprint density at radius 3 is 1.02 bits per heavy atom. The molecule has 0 amide bonds. The largest absolute Gasteiger partial charge is 0.309 e. The maximum atomic E-state index is 2.54. The molecule has 0 fully saturated rings. The number of hydrogen-bond acceptors (Lipinski definition) is 2. The van der Waals surface area contributed by atoms with Crippen molar-refractivity contribution in [1.82, 2.24) is 0 Å². The summed E-state index contributed by atoms with van der Waals surface area (Å²) in [6.07, 6.45) is 0. The highest BCUT2D eigenvalue weighted by Crippen LogP contribution is 2.50. The third-order valence-electron chi connectivity index (χ3n) is 12.2. The number of aryl methyl sites for hydroxylation is 8. The molecule has 0 radical (unpaired) electrons. The topological polar surface area (TPSA) is 6.48 Å². The minimum absolute atomic E-state index is 1.17. The Balaban J connectivity index is 1.30. The van der Waals surface area contributed by atoms with Gasteiger partial charge in [-0.15, -0.1) is 0 Å². The van der Waals surface area contributed by atoms with Crippen LogP contribution in [0.5, 0.6) is 0 Å². The third kappa shape index (κ3) is 5.78. The van der Waals surface area contributed by atoms with Gasteiger partial charge >= 0.3 is 0 Å². The standard InChI is InChI=1S/C56H48N2/c1-33-9-13-41-15-11-39(7)55(49(41)31-33)57(45-27-35(3)25-36(4)28-45)51-23-19-43-18-22-48-52(24-20-44-17-21-47(51)53(43)54(44)48)58(46-29-37(5)26-38(6)30-46)56-40(8)12-16-42-14-10-34(2)32-50(42)56/h9-32H,1-8H3. The van der Waals surface area contributed by atoms with Crippen molar-refractivity contribution in [3.05, 3.63) is 190 Å². The molecule has 0 aliphatic rings. The molecule has 0 aliphatic heterocycles. The van der Waals surface area contributed by atoms with Crippen molar-refractivity contribution in [2.45, 2.75) is 55.4 Å². The molecule has 10 aromatic rings. The molecule has 58 heavy (non-hydrogen) atoms. The maximum Gasteiger partial charge on any atom is 0.0569 e. The molecule has 2 nitrogen and oxygen atoms in total. The average molecular weight is 749 g/mol.